The smallest absolute Gasteiger partial charge is 0.257 e. The Balaban J connectivity index is 1.64. The summed E-state index contributed by atoms with van der Waals surface area (Å²) in [5.74, 6) is 0.0530. The Kier molecular flexibility index (Phi) is 5.46. The summed E-state index contributed by atoms with van der Waals surface area (Å²) in [5, 5.41) is 9.92. The number of thiazole rings is 1. The Morgan fingerprint density at radius 2 is 1.93 bits per heavy atom. The van der Waals surface area contributed by atoms with Gasteiger partial charge in [0.15, 0.2) is 0 Å². The van der Waals surface area contributed by atoms with Gasteiger partial charge in [0.1, 0.15) is 11.6 Å². The zero-order valence-corrected chi connectivity index (χ0v) is 17.4. The van der Waals surface area contributed by atoms with E-state index in [2.05, 4.69) is 15.4 Å². The molecule has 29 heavy (non-hydrogen) atoms. The van der Waals surface area contributed by atoms with Crippen LogP contribution in [0.4, 0.5) is 10.2 Å². The van der Waals surface area contributed by atoms with Crippen LogP contribution in [0.2, 0.25) is 0 Å². The summed E-state index contributed by atoms with van der Waals surface area (Å²) in [6.45, 7) is 1.86. The highest BCUT2D eigenvalue weighted by Crippen LogP contribution is 2.27. The topological polar surface area (TPSA) is 59.8 Å². The molecule has 4 aromatic rings. The standard InChI is InChI=1S/C21H17FN4OS2/c1-13-11-19(24-20(27)16-5-3-4-6-18(16)28-2)26(25-13)21-23-17(12-29-21)14-7-9-15(22)10-8-14/h3-12H,1-2H3,(H,24,27). The third-order valence-corrected chi connectivity index (χ3v) is 5.85. The molecule has 2 heterocycles. The summed E-state index contributed by atoms with van der Waals surface area (Å²) < 4.78 is 14.8. The van der Waals surface area contributed by atoms with Gasteiger partial charge in [0.2, 0.25) is 5.13 Å². The molecule has 0 aliphatic rings. The van der Waals surface area contributed by atoms with Gasteiger partial charge in [-0.2, -0.15) is 9.78 Å². The lowest BCUT2D eigenvalue weighted by Gasteiger charge is -2.09. The maximum atomic E-state index is 13.2. The minimum Gasteiger partial charge on any atom is -0.306 e. The number of nitrogens with zero attached hydrogens (tertiary/aromatic N) is 3. The number of anilines is 1. The molecule has 0 atom stereocenters. The molecule has 0 spiro atoms. The number of halogens is 1. The first-order valence-electron chi connectivity index (χ1n) is 8.78. The summed E-state index contributed by atoms with van der Waals surface area (Å²) in [4.78, 5) is 18.3. The molecule has 0 unspecified atom stereocenters. The van der Waals surface area contributed by atoms with Crippen LogP contribution in [0, 0.1) is 12.7 Å². The molecule has 0 fully saturated rings. The molecule has 4 rings (SSSR count). The summed E-state index contributed by atoms with van der Waals surface area (Å²) in [6, 6.07) is 15.4. The number of nitrogens with one attached hydrogen (secondary N) is 1. The quantitative estimate of drug-likeness (QED) is 0.435. The number of benzene rings is 2. The molecule has 0 bridgehead atoms. The lowest BCUT2D eigenvalue weighted by Crippen LogP contribution is -2.15. The summed E-state index contributed by atoms with van der Waals surface area (Å²) in [7, 11) is 0. The maximum absolute atomic E-state index is 13.2. The minimum atomic E-state index is -0.289. The van der Waals surface area contributed by atoms with E-state index in [9.17, 15) is 9.18 Å². The first kappa shape index (κ1) is 19.4. The molecular weight excluding hydrogens is 407 g/mol. The van der Waals surface area contributed by atoms with Crippen LogP contribution in [0.15, 0.2) is 64.9 Å². The van der Waals surface area contributed by atoms with E-state index >= 15 is 0 Å². The molecule has 5 nitrogen and oxygen atoms in total. The van der Waals surface area contributed by atoms with Crippen molar-refractivity contribution in [3.63, 3.8) is 0 Å². The number of thioether (sulfide) groups is 1. The highest BCUT2D eigenvalue weighted by atomic mass is 32.2. The molecular formula is C21H17FN4OS2. The van der Waals surface area contributed by atoms with Crippen LogP contribution in [0.25, 0.3) is 16.4 Å². The van der Waals surface area contributed by atoms with Crippen LogP contribution >= 0.6 is 23.1 Å². The third-order valence-electron chi connectivity index (χ3n) is 4.24. The van der Waals surface area contributed by atoms with Crippen molar-refractivity contribution in [2.24, 2.45) is 0 Å². The molecule has 0 aliphatic carbocycles. The summed E-state index contributed by atoms with van der Waals surface area (Å²) in [6.07, 6.45) is 1.94. The van der Waals surface area contributed by atoms with Crippen molar-refractivity contribution >= 4 is 34.8 Å². The van der Waals surface area contributed by atoms with Gasteiger partial charge in [-0.3, -0.25) is 4.79 Å². The second-order valence-electron chi connectivity index (χ2n) is 6.26. The Hall–Kier alpha value is -2.97. The van der Waals surface area contributed by atoms with Crippen molar-refractivity contribution in [1.82, 2.24) is 14.8 Å². The second-order valence-corrected chi connectivity index (χ2v) is 7.94. The largest absolute Gasteiger partial charge is 0.306 e. The first-order chi connectivity index (χ1) is 14.0. The van der Waals surface area contributed by atoms with Gasteiger partial charge in [0, 0.05) is 21.9 Å². The SMILES string of the molecule is CSc1ccccc1C(=O)Nc1cc(C)nn1-c1nc(-c2ccc(F)cc2)cs1. The Morgan fingerprint density at radius 3 is 2.69 bits per heavy atom. The zero-order chi connectivity index (χ0) is 20.4. The monoisotopic (exact) mass is 424 g/mol. The van der Waals surface area contributed by atoms with Gasteiger partial charge in [0.25, 0.3) is 5.91 Å². The molecule has 8 heteroatoms. The van der Waals surface area contributed by atoms with Gasteiger partial charge < -0.3 is 5.32 Å². The lowest BCUT2D eigenvalue weighted by atomic mass is 10.2. The third kappa shape index (κ3) is 4.08. The fraction of sp³-hybridized carbons (Fsp3) is 0.0952. The van der Waals surface area contributed by atoms with E-state index in [-0.39, 0.29) is 11.7 Å². The van der Waals surface area contributed by atoms with Crippen LogP contribution in [0.5, 0.6) is 0 Å². The van der Waals surface area contributed by atoms with Gasteiger partial charge in [0.05, 0.1) is 17.0 Å². The number of carbonyl (C=O) groups is 1. The molecule has 0 saturated heterocycles. The van der Waals surface area contributed by atoms with Crippen LogP contribution in [0.1, 0.15) is 16.1 Å². The fourth-order valence-electron chi connectivity index (χ4n) is 2.86. The maximum Gasteiger partial charge on any atom is 0.257 e. The molecule has 146 valence electrons. The van der Waals surface area contributed by atoms with E-state index < -0.39 is 0 Å². The Labute approximate surface area is 175 Å². The number of rotatable bonds is 5. The number of hydrogen-bond acceptors (Lipinski definition) is 5. The normalized spacial score (nSPS) is 10.9. The van der Waals surface area contributed by atoms with Crippen LogP contribution in [-0.2, 0) is 0 Å². The molecule has 1 amide bonds. The van der Waals surface area contributed by atoms with E-state index in [0.717, 1.165) is 21.8 Å². The minimum absolute atomic E-state index is 0.202. The van der Waals surface area contributed by atoms with Gasteiger partial charge in [-0.25, -0.2) is 9.37 Å². The van der Waals surface area contributed by atoms with E-state index in [1.807, 2.05) is 36.8 Å². The van der Waals surface area contributed by atoms with E-state index in [1.165, 1.54) is 35.2 Å². The van der Waals surface area contributed by atoms with E-state index in [1.54, 1.807) is 28.9 Å². The van der Waals surface area contributed by atoms with Gasteiger partial charge in [-0.15, -0.1) is 23.1 Å². The number of carbonyl (C=O) groups excluding carboxylic acids is 1. The lowest BCUT2D eigenvalue weighted by molar-refractivity contribution is 0.102. The summed E-state index contributed by atoms with van der Waals surface area (Å²) >= 11 is 2.92. The highest BCUT2D eigenvalue weighted by Gasteiger charge is 2.17. The summed E-state index contributed by atoms with van der Waals surface area (Å²) in [5.41, 5.74) is 2.91. The first-order valence-corrected chi connectivity index (χ1v) is 10.9. The zero-order valence-electron chi connectivity index (χ0n) is 15.7. The number of hydrogen-bond donors (Lipinski definition) is 1. The van der Waals surface area contributed by atoms with Crippen molar-refractivity contribution in [2.75, 3.05) is 11.6 Å². The average molecular weight is 425 g/mol. The predicted molar refractivity (Wildman–Crippen MR) is 116 cm³/mol. The molecule has 2 aromatic carbocycles. The van der Waals surface area contributed by atoms with Crippen molar-refractivity contribution in [3.05, 3.63) is 77.1 Å². The fourth-order valence-corrected chi connectivity index (χ4v) is 4.26. The van der Waals surface area contributed by atoms with Crippen LogP contribution < -0.4 is 5.32 Å². The molecule has 0 saturated carbocycles. The molecule has 0 aliphatic heterocycles. The van der Waals surface area contributed by atoms with E-state index in [4.69, 9.17) is 0 Å². The van der Waals surface area contributed by atoms with Crippen LogP contribution in [0.3, 0.4) is 0 Å². The van der Waals surface area contributed by atoms with Gasteiger partial charge in [-0.05, 0) is 49.6 Å². The van der Waals surface area contributed by atoms with Gasteiger partial charge >= 0.3 is 0 Å². The van der Waals surface area contributed by atoms with Gasteiger partial charge in [-0.1, -0.05) is 12.1 Å². The van der Waals surface area contributed by atoms with Crippen molar-refractivity contribution in [1.29, 1.82) is 0 Å². The number of amides is 1. The number of aromatic nitrogens is 3. The van der Waals surface area contributed by atoms with Crippen molar-refractivity contribution in [3.8, 4) is 16.4 Å². The van der Waals surface area contributed by atoms with Crippen molar-refractivity contribution < 1.29 is 9.18 Å². The molecule has 2 aromatic heterocycles. The highest BCUT2D eigenvalue weighted by molar-refractivity contribution is 7.98. The Bertz CT molecular complexity index is 1170. The van der Waals surface area contributed by atoms with Crippen molar-refractivity contribution in [2.45, 2.75) is 11.8 Å². The molecule has 1 N–H and O–H groups in total. The molecule has 0 radical (unpaired) electrons. The second kappa shape index (κ2) is 8.18. The predicted octanol–water partition coefficient (Wildman–Crippen LogP) is 5.42. The Morgan fingerprint density at radius 1 is 1.17 bits per heavy atom. The number of aryl methyl sites for hydroxylation is 1. The average Bonchev–Trinajstić information content (AvgIpc) is 3.35. The van der Waals surface area contributed by atoms with E-state index in [0.29, 0.717) is 16.5 Å². The van der Waals surface area contributed by atoms with Crippen LogP contribution in [-0.4, -0.2) is 26.9 Å².